The van der Waals surface area contributed by atoms with Gasteiger partial charge in [-0.15, -0.1) is 0 Å². The highest BCUT2D eigenvalue weighted by atomic mass is 16.2. The van der Waals surface area contributed by atoms with Gasteiger partial charge in [0, 0.05) is 24.5 Å². The molecular formula is C26H34N4O3. The Morgan fingerprint density at radius 3 is 2.21 bits per heavy atom. The molecule has 0 aromatic heterocycles. The van der Waals surface area contributed by atoms with Crippen molar-refractivity contribution in [1.29, 1.82) is 0 Å². The number of hydrogen-bond acceptors (Lipinski definition) is 5. The lowest BCUT2D eigenvalue weighted by Crippen LogP contribution is -2.51. The molecule has 0 aliphatic carbocycles. The number of allylic oxidation sites excluding steroid dienone is 1. The zero-order chi connectivity index (χ0) is 23.1. The highest BCUT2D eigenvalue weighted by Crippen LogP contribution is 2.34. The summed E-state index contributed by atoms with van der Waals surface area (Å²) in [5, 5.41) is 2.68. The fraction of sp³-hybridized carbons (Fsp3) is 0.577. The van der Waals surface area contributed by atoms with Crippen LogP contribution in [0.1, 0.15) is 65.7 Å². The van der Waals surface area contributed by atoms with E-state index in [1.807, 2.05) is 12.1 Å². The maximum absolute atomic E-state index is 13.1. The van der Waals surface area contributed by atoms with Crippen LogP contribution >= 0.6 is 0 Å². The Labute approximate surface area is 195 Å². The number of benzene rings is 1. The Morgan fingerprint density at radius 2 is 1.55 bits per heavy atom. The number of anilines is 1. The Balaban J connectivity index is 1.23. The largest absolute Gasteiger partial charge is 0.371 e. The van der Waals surface area contributed by atoms with Gasteiger partial charge in [-0.05, 0) is 95.1 Å². The molecule has 0 spiro atoms. The lowest BCUT2D eigenvalue weighted by atomic mass is 9.83. The number of likely N-dealkylation sites (tertiary alicyclic amines) is 1. The van der Waals surface area contributed by atoms with E-state index in [1.54, 1.807) is 6.07 Å². The summed E-state index contributed by atoms with van der Waals surface area (Å²) in [7, 11) is 2.21. The summed E-state index contributed by atoms with van der Waals surface area (Å²) in [6.07, 6.45) is 7.32. The lowest BCUT2D eigenvalue weighted by Gasteiger charge is -2.37. The topological polar surface area (TPSA) is 73.0 Å². The maximum atomic E-state index is 13.1. The molecule has 1 N–H and O–H groups in total. The minimum Gasteiger partial charge on any atom is -0.371 e. The molecule has 5 rings (SSSR count). The van der Waals surface area contributed by atoms with Gasteiger partial charge in [0.05, 0.1) is 11.1 Å². The number of carbonyl (C=O) groups excluding carboxylic acids is 3. The van der Waals surface area contributed by atoms with Gasteiger partial charge in [0.15, 0.2) is 0 Å². The molecule has 176 valence electrons. The van der Waals surface area contributed by atoms with Crippen molar-refractivity contribution in [1.82, 2.24) is 15.1 Å². The number of imide groups is 1. The second-order valence-corrected chi connectivity index (χ2v) is 10.3. The van der Waals surface area contributed by atoms with Crippen molar-refractivity contribution in [3.63, 3.8) is 0 Å². The first-order chi connectivity index (χ1) is 15.9. The Morgan fingerprint density at radius 1 is 0.909 bits per heavy atom. The van der Waals surface area contributed by atoms with Gasteiger partial charge in [-0.3, -0.25) is 19.3 Å². The zero-order valence-electron chi connectivity index (χ0n) is 19.5. The molecule has 1 aromatic rings. The van der Waals surface area contributed by atoms with E-state index in [2.05, 4.69) is 28.7 Å². The quantitative estimate of drug-likeness (QED) is 0.714. The summed E-state index contributed by atoms with van der Waals surface area (Å²) in [5.41, 5.74) is 2.45. The van der Waals surface area contributed by atoms with E-state index in [1.165, 1.54) is 45.2 Å². The molecule has 1 unspecified atom stereocenters. The highest BCUT2D eigenvalue weighted by Gasteiger charge is 2.44. The minimum atomic E-state index is -0.762. The third-order valence-electron chi connectivity index (χ3n) is 8.02. The van der Waals surface area contributed by atoms with E-state index in [-0.39, 0.29) is 17.7 Å². The Bertz CT molecular complexity index is 974. The van der Waals surface area contributed by atoms with Gasteiger partial charge in [0.25, 0.3) is 11.8 Å². The average molecular weight is 451 g/mol. The number of nitrogens with zero attached hydrogens (tertiary/aromatic N) is 3. The van der Waals surface area contributed by atoms with E-state index in [0.717, 1.165) is 35.5 Å². The molecule has 3 saturated heterocycles. The van der Waals surface area contributed by atoms with E-state index in [0.29, 0.717) is 29.7 Å². The standard InChI is InChI=1S/C26H34N4O3/c1-17-3-6-23(24(31)27-17)30-25(32)21-5-4-20(16-22(21)26(30)33)29-13-9-19(10-14-29)15-18-7-11-28(2)12-8-18/h4-5,16,18-19,23H,1,3,6-15H2,2H3,(H,27,31). The van der Waals surface area contributed by atoms with Crippen LogP contribution in [0.2, 0.25) is 0 Å². The molecule has 4 heterocycles. The second-order valence-electron chi connectivity index (χ2n) is 10.3. The van der Waals surface area contributed by atoms with Crippen LogP contribution in [0.5, 0.6) is 0 Å². The van der Waals surface area contributed by atoms with Gasteiger partial charge in [0.1, 0.15) is 6.04 Å². The van der Waals surface area contributed by atoms with Crippen LogP contribution in [-0.2, 0) is 4.79 Å². The fourth-order valence-electron chi connectivity index (χ4n) is 5.93. The number of fused-ring (bicyclic) bond motifs is 1. The minimum absolute atomic E-state index is 0.326. The van der Waals surface area contributed by atoms with Crippen LogP contribution in [0.4, 0.5) is 5.69 Å². The van der Waals surface area contributed by atoms with Gasteiger partial charge in [0.2, 0.25) is 5.91 Å². The first-order valence-electron chi connectivity index (χ1n) is 12.3. The van der Waals surface area contributed by atoms with Crippen molar-refractivity contribution >= 4 is 23.4 Å². The van der Waals surface area contributed by atoms with Crippen molar-refractivity contribution in [2.45, 2.75) is 51.0 Å². The first kappa shape index (κ1) is 22.1. The summed E-state index contributed by atoms with van der Waals surface area (Å²) < 4.78 is 0. The molecule has 1 aromatic carbocycles. The average Bonchev–Trinajstić information content (AvgIpc) is 3.06. The van der Waals surface area contributed by atoms with Crippen LogP contribution < -0.4 is 10.2 Å². The SMILES string of the molecule is C=C1CCC(N2C(=O)c3ccc(N4CCC(CC5CCN(C)CC5)CC4)cc3C2=O)C(=O)N1. The molecular weight excluding hydrogens is 416 g/mol. The van der Waals surface area contributed by atoms with E-state index in [9.17, 15) is 14.4 Å². The highest BCUT2D eigenvalue weighted by molar-refractivity contribution is 6.23. The van der Waals surface area contributed by atoms with Crippen LogP contribution in [0.15, 0.2) is 30.5 Å². The number of hydrogen-bond donors (Lipinski definition) is 1. The molecule has 4 aliphatic heterocycles. The monoisotopic (exact) mass is 450 g/mol. The third kappa shape index (κ3) is 4.31. The van der Waals surface area contributed by atoms with Gasteiger partial charge >= 0.3 is 0 Å². The van der Waals surface area contributed by atoms with Gasteiger partial charge in [-0.25, -0.2) is 0 Å². The van der Waals surface area contributed by atoms with E-state index in [4.69, 9.17) is 0 Å². The van der Waals surface area contributed by atoms with Crippen LogP contribution in [0.25, 0.3) is 0 Å². The molecule has 3 fully saturated rings. The molecule has 7 heteroatoms. The van der Waals surface area contributed by atoms with Crippen molar-refractivity contribution in [2.75, 3.05) is 38.1 Å². The molecule has 33 heavy (non-hydrogen) atoms. The second kappa shape index (κ2) is 8.93. The number of piperidine rings is 3. The van der Waals surface area contributed by atoms with Crippen molar-refractivity contribution in [3.8, 4) is 0 Å². The predicted molar refractivity (Wildman–Crippen MR) is 127 cm³/mol. The van der Waals surface area contributed by atoms with Crippen molar-refractivity contribution in [2.24, 2.45) is 11.8 Å². The van der Waals surface area contributed by atoms with Gasteiger partial charge in [-0.1, -0.05) is 6.58 Å². The normalized spacial score (nSPS) is 25.5. The Hall–Kier alpha value is -2.67. The first-order valence-corrected chi connectivity index (χ1v) is 12.3. The van der Waals surface area contributed by atoms with Gasteiger partial charge < -0.3 is 15.1 Å². The summed E-state index contributed by atoms with van der Waals surface area (Å²) >= 11 is 0. The zero-order valence-corrected chi connectivity index (χ0v) is 19.5. The molecule has 0 radical (unpaired) electrons. The van der Waals surface area contributed by atoms with Crippen molar-refractivity contribution in [3.05, 3.63) is 41.6 Å². The summed E-state index contributed by atoms with van der Waals surface area (Å²) in [4.78, 5) is 44.4. The maximum Gasteiger partial charge on any atom is 0.262 e. The van der Waals surface area contributed by atoms with Crippen LogP contribution in [0.3, 0.4) is 0 Å². The molecule has 0 saturated carbocycles. The summed E-state index contributed by atoms with van der Waals surface area (Å²) in [5.74, 6) is 0.587. The molecule has 7 nitrogen and oxygen atoms in total. The molecule has 3 amide bonds. The van der Waals surface area contributed by atoms with Gasteiger partial charge in [-0.2, -0.15) is 0 Å². The fourth-order valence-corrected chi connectivity index (χ4v) is 5.93. The number of carbonyl (C=O) groups is 3. The van der Waals surface area contributed by atoms with E-state index < -0.39 is 6.04 Å². The van der Waals surface area contributed by atoms with Crippen LogP contribution in [-0.4, -0.2) is 66.8 Å². The summed E-state index contributed by atoms with van der Waals surface area (Å²) in [6.45, 7) is 8.19. The predicted octanol–water partition coefficient (Wildman–Crippen LogP) is 3.02. The number of amides is 3. The number of nitrogens with one attached hydrogen (secondary N) is 1. The lowest BCUT2D eigenvalue weighted by molar-refractivity contribution is -0.125. The van der Waals surface area contributed by atoms with E-state index >= 15 is 0 Å². The molecule has 0 bridgehead atoms. The molecule has 1 atom stereocenters. The summed E-state index contributed by atoms with van der Waals surface area (Å²) in [6, 6.07) is 4.80. The van der Waals surface area contributed by atoms with Crippen LogP contribution in [0, 0.1) is 11.8 Å². The third-order valence-corrected chi connectivity index (χ3v) is 8.02. The van der Waals surface area contributed by atoms with Crippen molar-refractivity contribution < 1.29 is 14.4 Å². The molecule has 4 aliphatic rings. The number of rotatable bonds is 4. The Kier molecular flexibility index (Phi) is 5.99. The smallest absolute Gasteiger partial charge is 0.262 e.